The van der Waals surface area contributed by atoms with Crippen molar-refractivity contribution < 1.29 is 4.39 Å². The number of aryl methyl sites for hydroxylation is 1. The molecule has 2 N–H and O–H groups in total. The average molecular weight is 238 g/mol. The van der Waals surface area contributed by atoms with Crippen LogP contribution in [-0.4, -0.2) is 0 Å². The predicted octanol–water partition coefficient (Wildman–Crippen LogP) is 3.13. The molecule has 11 heavy (non-hydrogen) atoms. The molecule has 60 valence electrons. The Bertz CT molecular complexity index is 275. The number of anilines is 1. The smallest absolute Gasteiger partial charge is 0.139 e. The van der Waals surface area contributed by atoms with Gasteiger partial charge < -0.3 is 5.73 Å². The second kappa shape index (κ2) is 2.99. The van der Waals surface area contributed by atoms with Gasteiger partial charge in [0.05, 0.1) is 15.2 Å². The first-order valence-electron chi connectivity index (χ1n) is 2.93. The fraction of sp³-hybridized carbons (Fsp3) is 0.143. The number of rotatable bonds is 0. The number of hydrogen-bond acceptors (Lipinski definition) is 1. The molecule has 1 aromatic carbocycles. The third-order valence-corrected chi connectivity index (χ3v) is 2.80. The summed E-state index contributed by atoms with van der Waals surface area (Å²) in [5, 5.41) is 0.238. The SMILES string of the molecule is Cc1cc(F)c(Br)c(Cl)c1N. The molecule has 4 heteroatoms. The van der Waals surface area contributed by atoms with Gasteiger partial charge in [-0.25, -0.2) is 4.39 Å². The van der Waals surface area contributed by atoms with Crippen molar-refractivity contribution in [3.8, 4) is 0 Å². The van der Waals surface area contributed by atoms with Crippen LogP contribution in [0.1, 0.15) is 5.56 Å². The van der Waals surface area contributed by atoms with Gasteiger partial charge in [-0.15, -0.1) is 0 Å². The van der Waals surface area contributed by atoms with E-state index in [0.717, 1.165) is 0 Å². The minimum Gasteiger partial charge on any atom is -0.397 e. The van der Waals surface area contributed by atoms with Gasteiger partial charge >= 0.3 is 0 Å². The lowest BCUT2D eigenvalue weighted by Gasteiger charge is -2.04. The molecule has 0 fully saturated rings. The van der Waals surface area contributed by atoms with Crippen LogP contribution in [0.3, 0.4) is 0 Å². The molecule has 1 aromatic rings. The predicted molar refractivity (Wildman–Crippen MR) is 48.3 cm³/mol. The van der Waals surface area contributed by atoms with E-state index in [1.54, 1.807) is 6.92 Å². The highest BCUT2D eigenvalue weighted by molar-refractivity contribution is 9.10. The van der Waals surface area contributed by atoms with E-state index in [1.165, 1.54) is 6.07 Å². The number of benzene rings is 1. The largest absolute Gasteiger partial charge is 0.397 e. The molecule has 0 atom stereocenters. The molecule has 0 saturated carbocycles. The third kappa shape index (κ3) is 1.49. The maximum atomic E-state index is 12.8. The van der Waals surface area contributed by atoms with Crippen molar-refractivity contribution in [3.63, 3.8) is 0 Å². The van der Waals surface area contributed by atoms with Crippen molar-refractivity contribution in [3.05, 3.63) is 26.9 Å². The summed E-state index contributed by atoms with van der Waals surface area (Å²) >= 11 is 8.65. The Labute approximate surface area is 77.5 Å². The van der Waals surface area contributed by atoms with Gasteiger partial charge in [0.2, 0.25) is 0 Å². The zero-order valence-corrected chi connectivity index (χ0v) is 8.13. The molecule has 1 nitrogen and oxygen atoms in total. The molecule has 0 heterocycles. The number of nitrogen functional groups attached to an aromatic ring is 1. The standard InChI is InChI=1S/C7H6BrClFN/c1-3-2-4(10)5(8)6(9)7(3)11/h2H,11H2,1H3. The van der Waals surface area contributed by atoms with E-state index in [1.807, 2.05) is 0 Å². The van der Waals surface area contributed by atoms with Crippen LogP contribution in [0.5, 0.6) is 0 Å². The molecule has 0 aliphatic heterocycles. The van der Waals surface area contributed by atoms with Gasteiger partial charge in [0.25, 0.3) is 0 Å². The Morgan fingerprint density at radius 2 is 2.18 bits per heavy atom. The molecule has 0 saturated heterocycles. The van der Waals surface area contributed by atoms with E-state index in [2.05, 4.69) is 15.9 Å². The molecular formula is C7H6BrClFN. The van der Waals surface area contributed by atoms with Crippen LogP contribution in [0.4, 0.5) is 10.1 Å². The molecular weight excluding hydrogens is 232 g/mol. The van der Waals surface area contributed by atoms with Crippen LogP contribution < -0.4 is 5.73 Å². The highest BCUT2D eigenvalue weighted by atomic mass is 79.9. The average Bonchev–Trinajstić information content (AvgIpc) is 1.97. The van der Waals surface area contributed by atoms with Crippen molar-refractivity contribution in [1.29, 1.82) is 0 Å². The number of hydrogen-bond donors (Lipinski definition) is 1. The van der Waals surface area contributed by atoms with Gasteiger partial charge in [-0.2, -0.15) is 0 Å². The normalized spacial score (nSPS) is 10.2. The summed E-state index contributed by atoms with van der Waals surface area (Å²) in [7, 11) is 0. The Balaban J connectivity index is 3.46. The Morgan fingerprint density at radius 3 is 2.73 bits per heavy atom. The highest BCUT2D eigenvalue weighted by Gasteiger charge is 2.09. The van der Waals surface area contributed by atoms with E-state index in [-0.39, 0.29) is 15.3 Å². The lowest BCUT2D eigenvalue weighted by molar-refractivity contribution is 0.620. The van der Waals surface area contributed by atoms with Crippen LogP contribution in [0.15, 0.2) is 10.5 Å². The first-order chi connectivity index (χ1) is 5.04. The zero-order valence-electron chi connectivity index (χ0n) is 5.79. The van der Waals surface area contributed by atoms with Gasteiger partial charge in [-0.05, 0) is 34.5 Å². The first kappa shape index (κ1) is 8.81. The summed E-state index contributed by atoms with van der Waals surface area (Å²) in [6.07, 6.45) is 0. The minimum absolute atomic E-state index is 0.224. The van der Waals surface area contributed by atoms with E-state index in [9.17, 15) is 4.39 Å². The molecule has 0 aromatic heterocycles. The van der Waals surface area contributed by atoms with E-state index >= 15 is 0 Å². The van der Waals surface area contributed by atoms with E-state index in [4.69, 9.17) is 17.3 Å². The Morgan fingerprint density at radius 1 is 1.64 bits per heavy atom. The van der Waals surface area contributed by atoms with Gasteiger partial charge in [-0.3, -0.25) is 0 Å². The quantitative estimate of drug-likeness (QED) is 0.545. The maximum absolute atomic E-state index is 12.8. The lowest BCUT2D eigenvalue weighted by Crippen LogP contribution is -1.93. The molecule has 0 amide bonds. The summed E-state index contributed by atoms with van der Waals surface area (Å²) < 4.78 is 13.1. The molecule has 0 aliphatic carbocycles. The van der Waals surface area contributed by atoms with Crippen molar-refractivity contribution in [2.45, 2.75) is 6.92 Å². The van der Waals surface area contributed by atoms with Gasteiger partial charge in [-0.1, -0.05) is 11.6 Å². The summed E-state index contributed by atoms with van der Waals surface area (Å²) in [6.45, 7) is 1.71. The van der Waals surface area contributed by atoms with E-state index in [0.29, 0.717) is 11.3 Å². The van der Waals surface area contributed by atoms with Crippen LogP contribution in [-0.2, 0) is 0 Å². The second-order valence-electron chi connectivity index (χ2n) is 2.22. The summed E-state index contributed by atoms with van der Waals surface area (Å²) in [4.78, 5) is 0. The van der Waals surface area contributed by atoms with Crippen LogP contribution >= 0.6 is 27.5 Å². The summed E-state index contributed by atoms with van der Waals surface area (Å²) in [6, 6.07) is 1.34. The van der Waals surface area contributed by atoms with E-state index < -0.39 is 0 Å². The Kier molecular flexibility index (Phi) is 2.40. The summed E-state index contributed by atoms with van der Waals surface area (Å²) in [5.74, 6) is -0.387. The van der Waals surface area contributed by atoms with Crippen LogP contribution in [0.25, 0.3) is 0 Å². The lowest BCUT2D eigenvalue weighted by atomic mass is 10.2. The molecule has 0 radical (unpaired) electrons. The molecule has 0 unspecified atom stereocenters. The van der Waals surface area contributed by atoms with Gasteiger partial charge in [0.15, 0.2) is 0 Å². The van der Waals surface area contributed by atoms with Crippen LogP contribution in [0, 0.1) is 12.7 Å². The summed E-state index contributed by atoms with van der Waals surface area (Å²) in [5.41, 5.74) is 6.59. The fourth-order valence-corrected chi connectivity index (χ4v) is 1.29. The molecule has 0 aliphatic rings. The van der Waals surface area contributed by atoms with Crippen molar-refractivity contribution >= 4 is 33.2 Å². The zero-order chi connectivity index (χ0) is 8.59. The Hall–Kier alpha value is -0.280. The molecule has 0 spiro atoms. The minimum atomic E-state index is -0.387. The highest BCUT2D eigenvalue weighted by Crippen LogP contribution is 2.32. The van der Waals surface area contributed by atoms with Gasteiger partial charge in [0.1, 0.15) is 5.82 Å². The monoisotopic (exact) mass is 237 g/mol. The number of halogens is 3. The second-order valence-corrected chi connectivity index (χ2v) is 3.39. The van der Waals surface area contributed by atoms with Crippen molar-refractivity contribution in [1.82, 2.24) is 0 Å². The maximum Gasteiger partial charge on any atom is 0.139 e. The van der Waals surface area contributed by atoms with Crippen molar-refractivity contribution in [2.75, 3.05) is 5.73 Å². The fourth-order valence-electron chi connectivity index (χ4n) is 0.727. The van der Waals surface area contributed by atoms with Crippen LogP contribution in [0.2, 0.25) is 5.02 Å². The van der Waals surface area contributed by atoms with Gasteiger partial charge in [0, 0.05) is 0 Å². The number of nitrogens with two attached hydrogens (primary N) is 1. The van der Waals surface area contributed by atoms with Crippen molar-refractivity contribution in [2.24, 2.45) is 0 Å². The topological polar surface area (TPSA) is 26.0 Å². The first-order valence-corrected chi connectivity index (χ1v) is 4.10. The molecule has 1 rings (SSSR count). The third-order valence-electron chi connectivity index (χ3n) is 1.41. The molecule has 0 bridgehead atoms.